The second kappa shape index (κ2) is 3.77. The molecule has 0 fully saturated rings. The van der Waals surface area contributed by atoms with E-state index in [-0.39, 0.29) is 5.57 Å². The van der Waals surface area contributed by atoms with Gasteiger partial charge in [0, 0.05) is 5.56 Å². The quantitative estimate of drug-likeness (QED) is 0.794. The van der Waals surface area contributed by atoms with Crippen LogP contribution in [0.1, 0.15) is 19.4 Å². The minimum absolute atomic E-state index is 0.0915. The Hall–Kier alpha value is -2.03. The highest BCUT2D eigenvalue weighted by Gasteiger charge is 2.28. The molecule has 0 atom stereocenters. The van der Waals surface area contributed by atoms with Crippen molar-refractivity contribution < 1.29 is 14.6 Å². The third-order valence-corrected chi connectivity index (χ3v) is 2.63. The van der Waals surface area contributed by atoms with Gasteiger partial charge in [0.25, 0.3) is 0 Å². The van der Waals surface area contributed by atoms with Crippen LogP contribution in [0.3, 0.4) is 0 Å². The number of carboxylic acids is 1. The van der Waals surface area contributed by atoms with Crippen LogP contribution < -0.4 is 4.74 Å². The summed E-state index contributed by atoms with van der Waals surface area (Å²) in [6.45, 7) is 7.39. The number of carboxylic acid groups (broad SMARTS) is 1. The molecule has 1 heterocycles. The molecule has 0 radical (unpaired) electrons. The molecule has 17 heavy (non-hydrogen) atoms. The van der Waals surface area contributed by atoms with Crippen molar-refractivity contribution in [1.82, 2.24) is 0 Å². The number of rotatable bonds is 2. The van der Waals surface area contributed by atoms with Crippen molar-refractivity contribution in [2.24, 2.45) is 0 Å². The van der Waals surface area contributed by atoms with Gasteiger partial charge < -0.3 is 9.84 Å². The van der Waals surface area contributed by atoms with E-state index in [9.17, 15) is 4.79 Å². The fraction of sp³-hybridized carbons (Fsp3) is 0.214. The fourth-order valence-electron chi connectivity index (χ4n) is 1.88. The molecule has 1 N–H and O–H groups in total. The lowest BCUT2D eigenvalue weighted by molar-refractivity contribution is -0.132. The largest absolute Gasteiger partial charge is 0.483 e. The molecular weight excluding hydrogens is 216 g/mol. The molecule has 0 saturated heterocycles. The first-order chi connectivity index (χ1) is 7.91. The monoisotopic (exact) mass is 230 g/mol. The predicted octanol–water partition coefficient (Wildman–Crippen LogP) is 2.88. The van der Waals surface area contributed by atoms with Gasteiger partial charge in [0.2, 0.25) is 0 Å². The first-order valence-electron chi connectivity index (χ1n) is 5.34. The van der Waals surface area contributed by atoms with Gasteiger partial charge >= 0.3 is 5.97 Å². The number of ether oxygens (including phenoxy) is 1. The molecule has 0 spiro atoms. The van der Waals surface area contributed by atoms with Gasteiger partial charge in [-0.15, -0.1) is 0 Å². The third-order valence-electron chi connectivity index (χ3n) is 2.63. The van der Waals surface area contributed by atoms with Crippen LogP contribution in [0.15, 0.2) is 42.5 Å². The minimum Gasteiger partial charge on any atom is -0.483 e. The zero-order chi connectivity index (χ0) is 12.6. The molecule has 1 aromatic carbocycles. The van der Waals surface area contributed by atoms with E-state index in [1.54, 1.807) is 6.08 Å². The lowest BCUT2D eigenvalue weighted by Crippen LogP contribution is -2.29. The molecule has 2 rings (SSSR count). The molecule has 1 aliphatic rings. The second-order valence-corrected chi connectivity index (χ2v) is 4.54. The van der Waals surface area contributed by atoms with Crippen molar-refractivity contribution in [2.75, 3.05) is 0 Å². The zero-order valence-corrected chi connectivity index (χ0v) is 9.86. The van der Waals surface area contributed by atoms with E-state index in [4.69, 9.17) is 9.84 Å². The maximum absolute atomic E-state index is 11.0. The van der Waals surface area contributed by atoms with Crippen LogP contribution in [-0.4, -0.2) is 16.7 Å². The molecule has 88 valence electrons. The summed E-state index contributed by atoms with van der Waals surface area (Å²) in [5, 5.41) is 9.05. The molecular formula is C14H14O3. The molecule has 0 amide bonds. The van der Waals surface area contributed by atoms with Crippen molar-refractivity contribution in [3.8, 4) is 5.75 Å². The summed E-state index contributed by atoms with van der Waals surface area (Å²) in [5.74, 6) is -0.318. The molecule has 1 aromatic rings. The number of fused-ring (bicyclic) bond motifs is 1. The lowest BCUT2D eigenvalue weighted by atomic mass is 9.90. The van der Waals surface area contributed by atoms with Crippen LogP contribution >= 0.6 is 0 Å². The van der Waals surface area contributed by atoms with E-state index in [2.05, 4.69) is 6.58 Å². The van der Waals surface area contributed by atoms with Gasteiger partial charge in [-0.3, -0.25) is 0 Å². The number of benzene rings is 1. The highest BCUT2D eigenvalue weighted by molar-refractivity contribution is 6.06. The Kier molecular flexibility index (Phi) is 2.54. The van der Waals surface area contributed by atoms with Gasteiger partial charge in [-0.2, -0.15) is 0 Å². The molecule has 0 aliphatic carbocycles. The number of hydrogen-bond acceptors (Lipinski definition) is 2. The van der Waals surface area contributed by atoms with Crippen LogP contribution in [-0.2, 0) is 4.79 Å². The van der Waals surface area contributed by atoms with Crippen molar-refractivity contribution in [3.63, 3.8) is 0 Å². The van der Waals surface area contributed by atoms with Gasteiger partial charge in [-0.05, 0) is 31.6 Å². The average Bonchev–Trinajstić information content (AvgIpc) is 2.25. The molecule has 3 heteroatoms. The summed E-state index contributed by atoms with van der Waals surface area (Å²) in [7, 11) is 0. The Labute approximate surface area is 100 Å². The summed E-state index contributed by atoms with van der Waals surface area (Å²) >= 11 is 0. The van der Waals surface area contributed by atoms with E-state index >= 15 is 0 Å². The van der Waals surface area contributed by atoms with Crippen molar-refractivity contribution in [2.45, 2.75) is 19.4 Å². The van der Waals surface area contributed by atoms with Crippen molar-refractivity contribution in [3.05, 3.63) is 48.1 Å². The Morgan fingerprint density at radius 3 is 2.65 bits per heavy atom. The van der Waals surface area contributed by atoms with Gasteiger partial charge in [-0.25, -0.2) is 4.79 Å². The zero-order valence-electron chi connectivity index (χ0n) is 9.86. The Morgan fingerprint density at radius 1 is 1.35 bits per heavy atom. The maximum atomic E-state index is 11.0. The van der Waals surface area contributed by atoms with Crippen LogP contribution in [0.4, 0.5) is 0 Å². The summed E-state index contributed by atoms with van der Waals surface area (Å²) in [6, 6.07) is 7.38. The highest BCUT2D eigenvalue weighted by Crippen LogP contribution is 2.38. The summed E-state index contributed by atoms with van der Waals surface area (Å²) in [5.41, 5.74) is 0.972. The van der Waals surface area contributed by atoms with E-state index < -0.39 is 11.6 Å². The van der Waals surface area contributed by atoms with Gasteiger partial charge in [-0.1, -0.05) is 24.8 Å². The number of aliphatic carboxylic acids is 1. The average molecular weight is 230 g/mol. The normalized spacial score (nSPS) is 16.5. The molecule has 3 nitrogen and oxygen atoms in total. The number of para-hydroxylation sites is 1. The molecule has 1 aliphatic heterocycles. The van der Waals surface area contributed by atoms with Crippen LogP contribution in [0.2, 0.25) is 0 Å². The van der Waals surface area contributed by atoms with Crippen molar-refractivity contribution in [1.29, 1.82) is 0 Å². The summed E-state index contributed by atoms with van der Waals surface area (Å²) in [6.07, 6.45) is 1.80. The SMILES string of the molecule is C=C(C(=O)O)C1=CC(C)(C)Oc2ccccc21. The summed E-state index contributed by atoms with van der Waals surface area (Å²) < 4.78 is 5.77. The Morgan fingerprint density at radius 2 is 2.00 bits per heavy atom. The number of carbonyl (C=O) groups is 1. The molecule has 0 unspecified atom stereocenters. The van der Waals surface area contributed by atoms with E-state index in [1.165, 1.54) is 0 Å². The standard InChI is InChI=1S/C14H14O3/c1-9(13(15)16)11-8-14(2,3)17-12-7-5-4-6-10(11)12/h4-8H,1H2,2-3H3,(H,15,16). The first-order valence-corrected chi connectivity index (χ1v) is 5.34. The smallest absolute Gasteiger partial charge is 0.335 e. The highest BCUT2D eigenvalue weighted by atomic mass is 16.5. The van der Waals surface area contributed by atoms with Crippen LogP contribution in [0.25, 0.3) is 5.57 Å². The lowest BCUT2D eigenvalue weighted by Gasteiger charge is -2.31. The predicted molar refractivity (Wildman–Crippen MR) is 65.9 cm³/mol. The van der Waals surface area contributed by atoms with Crippen LogP contribution in [0.5, 0.6) is 5.75 Å². The first kappa shape index (κ1) is 11.5. The van der Waals surface area contributed by atoms with Gasteiger partial charge in [0.05, 0.1) is 5.57 Å². The molecule has 0 saturated carbocycles. The molecule has 0 bridgehead atoms. The Bertz CT molecular complexity index is 524. The van der Waals surface area contributed by atoms with E-state index in [1.807, 2.05) is 38.1 Å². The summed E-state index contributed by atoms with van der Waals surface area (Å²) in [4.78, 5) is 11.0. The molecule has 0 aromatic heterocycles. The third kappa shape index (κ3) is 2.09. The van der Waals surface area contributed by atoms with Crippen molar-refractivity contribution >= 4 is 11.5 Å². The van der Waals surface area contributed by atoms with Gasteiger partial charge in [0.15, 0.2) is 0 Å². The second-order valence-electron chi connectivity index (χ2n) is 4.54. The minimum atomic E-state index is -1.01. The number of hydrogen-bond donors (Lipinski definition) is 1. The van der Waals surface area contributed by atoms with Gasteiger partial charge in [0.1, 0.15) is 11.4 Å². The Balaban J connectivity index is 2.58. The van der Waals surface area contributed by atoms with E-state index in [0.29, 0.717) is 11.3 Å². The van der Waals surface area contributed by atoms with E-state index in [0.717, 1.165) is 5.56 Å². The fourth-order valence-corrected chi connectivity index (χ4v) is 1.88. The maximum Gasteiger partial charge on any atom is 0.335 e. The van der Waals surface area contributed by atoms with Crippen LogP contribution in [0, 0.1) is 0 Å². The topological polar surface area (TPSA) is 46.5 Å².